The topological polar surface area (TPSA) is 3.24 Å². The molecule has 2 aromatic rings. The number of fused-ring (bicyclic) bond motifs is 2. The number of hydrogen-bond acceptors (Lipinski definition) is 1. The molecule has 19 heavy (non-hydrogen) atoms. The molecule has 1 aliphatic rings. The first-order valence-electron chi connectivity index (χ1n) is 6.75. The fourth-order valence-corrected chi connectivity index (χ4v) is 2.17. The average Bonchev–Trinajstić information content (AvgIpc) is 2.47. The van der Waals surface area contributed by atoms with Crippen LogP contribution in [0.15, 0.2) is 48.5 Å². The van der Waals surface area contributed by atoms with E-state index in [-0.39, 0.29) is 0 Å². The zero-order valence-electron chi connectivity index (χ0n) is 11.8. The minimum absolute atomic E-state index is 0.905. The third kappa shape index (κ3) is 2.80. The van der Waals surface area contributed by atoms with Crippen molar-refractivity contribution in [2.24, 2.45) is 0 Å². The highest BCUT2D eigenvalue weighted by Gasteiger charge is 2.10. The van der Waals surface area contributed by atoms with E-state index in [1.165, 1.54) is 11.3 Å². The Labute approximate surface area is 115 Å². The van der Waals surface area contributed by atoms with Gasteiger partial charge in [-0.25, -0.2) is 0 Å². The number of benzene rings is 2. The molecule has 0 saturated carbocycles. The molecule has 0 bridgehead atoms. The lowest BCUT2D eigenvalue weighted by molar-refractivity contribution is 0.917. The summed E-state index contributed by atoms with van der Waals surface area (Å²) < 4.78 is 0. The van der Waals surface area contributed by atoms with Gasteiger partial charge in [0.15, 0.2) is 0 Å². The predicted molar refractivity (Wildman–Crippen MR) is 82.3 cm³/mol. The van der Waals surface area contributed by atoms with E-state index in [0.29, 0.717) is 0 Å². The van der Waals surface area contributed by atoms with Gasteiger partial charge in [-0.3, -0.25) is 0 Å². The Hall–Kier alpha value is -2.20. The highest BCUT2D eigenvalue weighted by Crippen LogP contribution is 2.23. The van der Waals surface area contributed by atoms with E-state index in [1.807, 2.05) is 26.0 Å². The van der Waals surface area contributed by atoms with Crippen molar-refractivity contribution in [3.05, 3.63) is 65.2 Å². The van der Waals surface area contributed by atoms with Gasteiger partial charge in [0.05, 0.1) is 5.69 Å². The van der Waals surface area contributed by atoms with Gasteiger partial charge in [-0.1, -0.05) is 56.0 Å². The number of nitrogens with zero attached hydrogens (tertiary/aromatic N) is 1. The number of para-hydroxylation sites is 1. The predicted octanol–water partition coefficient (Wildman–Crippen LogP) is 4.06. The SMILES string of the molecule is CC.CN1Cc2ccccc2C#Cc2ccccc21. The third-order valence-corrected chi connectivity index (χ3v) is 3.07. The first kappa shape index (κ1) is 13.2. The standard InChI is InChI=1S/C16H13N.C2H6/c1-17-12-15-8-3-2-6-13(15)10-11-14-7-4-5-9-16(14)17;1-2/h2-9H,12H2,1H3;1-2H3. The van der Waals surface area contributed by atoms with Crippen molar-refractivity contribution < 1.29 is 0 Å². The maximum Gasteiger partial charge on any atom is 0.0525 e. The first-order chi connectivity index (χ1) is 9.34. The van der Waals surface area contributed by atoms with Crippen molar-refractivity contribution in [2.45, 2.75) is 20.4 Å². The molecule has 0 amide bonds. The van der Waals surface area contributed by atoms with Crippen molar-refractivity contribution in [1.82, 2.24) is 0 Å². The summed E-state index contributed by atoms with van der Waals surface area (Å²) in [5.74, 6) is 6.53. The molecule has 0 N–H and O–H groups in total. The molecule has 0 spiro atoms. The molecule has 1 heteroatoms. The fraction of sp³-hybridized carbons (Fsp3) is 0.222. The van der Waals surface area contributed by atoms with Crippen LogP contribution in [0.4, 0.5) is 5.69 Å². The van der Waals surface area contributed by atoms with Crippen LogP contribution in [0.3, 0.4) is 0 Å². The number of anilines is 1. The Bertz CT molecular complexity index is 617. The lowest BCUT2D eigenvalue weighted by Crippen LogP contribution is -2.19. The molecule has 0 aliphatic carbocycles. The van der Waals surface area contributed by atoms with Crippen LogP contribution < -0.4 is 4.90 Å². The van der Waals surface area contributed by atoms with E-state index in [9.17, 15) is 0 Å². The summed E-state index contributed by atoms with van der Waals surface area (Å²) in [5, 5.41) is 0. The largest absolute Gasteiger partial charge is 0.369 e. The lowest BCUT2D eigenvalue weighted by Gasteiger charge is -2.22. The highest BCUT2D eigenvalue weighted by atomic mass is 15.1. The summed E-state index contributed by atoms with van der Waals surface area (Å²) in [4.78, 5) is 2.25. The van der Waals surface area contributed by atoms with Crippen molar-refractivity contribution in [3.8, 4) is 11.8 Å². The Morgan fingerprint density at radius 1 is 0.842 bits per heavy atom. The van der Waals surface area contributed by atoms with Crippen molar-refractivity contribution >= 4 is 5.69 Å². The summed E-state index contributed by atoms with van der Waals surface area (Å²) in [7, 11) is 2.11. The van der Waals surface area contributed by atoms with Gasteiger partial charge >= 0.3 is 0 Å². The minimum Gasteiger partial charge on any atom is -0.369 e. The van der Waals surface area contributed by atoms with Gasteiger partial charge in [-0.2, -0.15) is 0 Å². The van der Waals surface area contributed by atoms with Gasteiger partial charge in [0.1, 0.15) is 0 Å². The van der Waals surface area contributed by atoms with Gasteiger partial charge in [-0.15, -0.1) is 0 Å². The van der Waals surface area contributed by atoms with Crippen LogP contribution in [0.2, 0.25) is 0 Å². The van der Waals surface area contributed by atoms with Crippen LogP contribution in [0.25, 0.3) is 0 Å². The van der Waals surface area contributed by atoms with Crippen LogP contribution in [0.1, 0.15) is 30.5 Å². The zero-order valence-corrected chi connectivity index (χ0v) is 11.8. The van der Waals surface area contributed by atoms with Gasteiger partial charge in [0, 0.05) is 24.7 Å². The lowest BCUT2D eigenvalue weighted by atomic mass is 10.0. The molecule has 96 valence electrons. The molecule has 1 heterocycles. The second-order valence-corrected chi connectivity index (χ2v) is 4.28. The maximum atomic E-state index is 3.27. The van der Waals surface area contributed by atoms with Crippen LogP contribution in [-0.4, -0.2) is 7.05 Å². The van der Waals surface area contributed by atoms with Crippen molar-refractivity contribution in [2.75, 3.05) is 11.9 Å². The van der Waals surface area contributed by atoms with E-state index < -0.39 is 0 Å². The average molecular weight is 249 g/mol. The fourth-order valence-electron chi connectivity index (χ4n) is 2.17. The maximum absolute atomic E-state index is 3.27. The van der Waals surface area contributed by atoms with Gasteiger partial charge < -0.3 is 4.90 Å². The summed E-state index contributed by atoms with van der Waals surface area (Å²) in [6, 6.07) is 16.6. The van der Waals surface area contributed by atoms with Gasteiger partial charge in [-0.05, 0) is 23.8 Å². The van der Waals surface area contributed by atoms with Gasteiger partial charge in [0.2, 0.25) is 0 Å². The Morgan fingerprint density at radius 2 is 1.42 bits per heavy atom. The van der Waals surface area contributed by atoms with E-state index in [1.54, 1.807) is 0 Å². The number of hydrogen-bond donors (Lipinski definition) is 0. The molecule has 0 aromatic heterocycles. The Balaban J connectivity index is 0.000000637. The molecule has 0 unspecified atom stereocenters. The molecule has 1 nitrogen and oxygen atoms in total. The molecule has 0 saturated heterocycles. The molecule has 3 rings (SSSR count). The van der Waals surface area contributed by atoms with Crippen molar-refractivity contribution in [3.63, 3.8) is 0 Å². The molecular formula is C18H19N. The molecule has 2 aromatic carbocycles. The summed E-state index contributed by atoms with van der Waals surface area (Å²) in [6.07, 6.45) is 0. The monoisotopic (exact) mass is 249 g/mol. The first-order valence-corrected chi connectivity index (χ1v) is 6.75. The van der Waals surface area contributed by atoms with Crippen LogP contribution in [0, 0.1) is 11.8 Å². The van der Waals surface area contributed by atoms with Gasteiger partial charge in [0.25, 0.3) is 0 Å². The Kier molecular flexibility index (Phi) is 4.26. The molecule has 0 atom stereocenters. The highest BCUT2D eigenvalue weighted by molar-refractivity contribution is 5.63. The Morgan fingerprint density at radius 3 is 2.21 bits per heavy atom. The van der Waals surface area contributed by atoms with E-state index in [4.69, 9.17) is 0 Å². The van der Waals surface area contributed by atoms with E-state index in [0.717, 1.165) is 17.7 Å². The molecule has 0 radical (unpaired) electrons. The third-order valence-electron chi connectivity index (χ3n) is 3.07. The molecule has 0 fully saturated rings. The van der Waals surface area contributed by atoms with Crippen LogP contribution >= 0.6 is 0 Å². The summed E-state index contributed by atoms with van der Waals surface area (Å²) in [5.41, 5.74) is 4.73. The number of rotatable bonds is 0. The van der Waals surface area contributed by atoms with Crippen LogP contribution in [0.5, 0.6) is 0 Å². The summed E-state index contributed by atoms with van der Waals surface area (Å²) in [6.45, 7) is 4.90. The molecular weight excluding hydrogens is 230 g/mol. The second kappa shape index (κ2) is 6.11. The quantitative estimate of drug-likeness (QED) is 0.636. The normalized spacial score (nSPS) is 11.6. The minimum atomic E-state index is 0.905. The van der Waals surface area contributed by atoms with E-state index >= 15 is 0 Å². The smallest absolute Gasteiger partial charge is 0.0525 e. The van der Waals surface area contributed by atoms with Crippen molar-refractivity contribution in [1.29, 1.82) is 0 Å². The molecule has 1 aliphatic heterocycles. The van der Waals surface area contributed by atoms with E-state index in [2.05, 4.69) is 60.2 Å². The summed E-state index contributed by atoms with van der Waals surface area (Å²) >= 11 is 0. The zero-order chi connectivity index (χ0) is 13.7. The van der Waals surface area contributed by atoms with Crippen LogP contribution in [-0.2, 0) is 6.54 Å². The second-order valence-electron chi connectivity index (χ2n) is 4.28.